The fourth-order valence-electron chi connectivity index (χ4n) is 4.38. The fourth-order valence-corrected chi connectivity index (χ4v) is 6.64. The second kappa shape index (κ2) is 9.60. The van der Waals surface area contributed by atoms with Crippen LogP contribution in [0.15, 0.2) is 11.4 Å². The molecule has 162 valence electrons. The standard InChI is InChI=1S/C22H29N3O3S2/c1-14-15-8-12-29-17(15)7-10-25(14)13-19(26)24-22-20(21(27)23-9-11-28-2)16-5-3-4-6-18(16)30-22/h8,12,14H,3-7,9-11,13H2,1-2H3,(H,23,27)(H,24,26). The lowest BCUT2D eigenvalue weighted by molar-refractivity contribution is -0.117. The molecule has 2 amide bonds. The largest absolute Gasteiger partial charge is 0.383 e. The van der Waals surface area contributed by atoms with Crippen molar-refractivity contribution in [3.05, 3.63) is 37.9 Å². The van der Waals surface area contributed by atoms with Crippen LogP contribution in [0.25, 0.3) is 0 Å². The van der Waals surface area contributed by atoms with E-state index in [0.29, 0.717) is 30.3 Å². The van der Waals surface area contributed by atoms with Crippen LogP contribution < -0.4 is 10.6 Å². The molecule has 0 saturated heterocycles. The molecular weight excluding hydrogens is 418 g/mol. The molecule has 8 heteroatoms. The van der Waals surface area contributed by atoms with Crippen molar-refractivity contribution >= 4 is 39.5 Å². The van der Waals surface area contributed by atoms with Crippen LogP contribution in [0.3, 0.4) is 0 Å². The number of aryl methyl sites for hydroxylation is 1. The van der Waals surface area contributed by atoms with Crippen LogP contribution in [0.5, 0.6) is 0 Å². The number of hydrogen-bond acceptors (Lipinski definition) is 6. The van der Waals surface area contributed by atoms with E-state index >= 15 is 0 Å². The van der Waals surface area contributed by atoms with Gasteiger partial charge in [-0.2, -0.15) is 0 Å². The Morgan fingerprint density at radius 1 is 1.23 bits per heavy atom. The molecule has 0 radical (unpaired) electrons. The van der Waals surface area contributed by atoms with E-state index in [4.69, 9.17) is 4.74 Å². The number of rotatable bonds is 7. The molecular formula is C22H29N3O3S2. The molecule has 1 aliphatic heterocycles. The molecule has 2 N–H and O–H groups in total. The zero-order valence-corrected chi connectivity index (χ0v) is 19.2. The number of ether oxygens (including phenoxy) is 1. The highest BCUT2D eigenvalue weighted by Gasteiger charge is 2.29. The van der Waals surface area contributed by atoms with Gasteiger partial charge in [-0.15, -0.1) is 22.7 Å². The number of anilines is 1. The summed E-state index contributed by atoms with van der Waals surface area (Å²) in [5.74, 6) is -0.166. The highest BCUT2D eigenvalue weighted by atomic mass is 32.1. The van der Waals surface area contributed by atoms with Gasteiger partial charge in [0.05, 0.1) is 18.7 Å². The second-order valence-corrected chi connectivity index (χ2v) is 10.0. The van der Waals surface area contributed by atoms with Crippen molar-refractivity contribution in [1.29, 1.82) is 0 Å². The number of amides is 2. The van der Waals surface area contributed by atoms with Crippen molar-refractivity contribution in [2.45, 2.75) is 45.1 Å². The minimum Gasteiger partial charge on any atom is -0.383 e. The molecule has 2 aromatic heterocycles. The molecule has 0 fully saturated rings. The van der Waals surface area contributed by atoms with Gasteiger partial charge < -0.3 is 15.4 Å². The molecule has 30 heavy (non-hydrogen) atoms. The molecule has 2 aromatic rings. The van der Waals surface area contributed by atoms with E-state index in [1.54, 1.807) is 29.8 Å². The second-order valence-electron chi connectivity index (χ2n) is 7.91. The van der Waals surface area contributed by atoms with Gasteiger partial charge in [-0.3, -0.25) is 14.5 Å². The van der Waals surface area contributed by atoms with Crippen molar-refractivity contribution in [3.63, 3.8) is 0 Å². The third kappa shape index (κ3) is 4.46. The van der Waals surface area contributed by atoms with Crippen molar-refractivity contribution in [2.24, 2.45) is 0 Å². The van der Waals surface area contributed by atoms with Crippen LogP contribution in [0, 0.1) is 0 Å². The zero-order valence-electron chi connectivity index (χ0n) is 17.6. The quantitative estimate of drug-likeness (QED) is 0.636. The van der Waals surface area contributed by atoms with E-state index in [0.717, 1.165) is 44.2 Å². The normalized spacial score (nSPS) is 18.5. The Bertz CT molecular complexity index is 921. The van der Waals surface area contributed by atoms with Crippen LogP contribution in [-0.2, 0) is 28.8 Å². The monoisotopic (exact) mass is 447 g/mol. The third-order valence-electron chi connectivity index (χ3n) is 5.99. The molecule has 1 atom stereocenters. The van der Waals surface area contributed by atoms with Crippen LogP contribution in [0.1, 0.15) is 57.0 Å². The van der Waals surface area contributed by atoms with E-state index in [9.17, 15) is 9.59 Å². The minimum atomic E-state index is -0.115. The highest BCUT2D eigenvalue weighted by molar-refractivity contribution is 7.17. The first kappa shape index (κ1) is 21.5. The smallest absolute Gasteiger partial charge is 0.254 e. The maximum Gasteiger partial charge on any atom is 0.254 e. The highest BCUT2D eigenvalue weighted by Crippen LogP contribution is 2.38. The molecule has 0 bridgehead atoms. The lowest BCUT2D eigenvalue weighted by Gasteiger charge is -2.32. The predicted octanol–water partition coefficient (Wildman–Crippen LogP) is 3.62. The molecule has 0 aromatic carbocycles. The van der Waals surface area contributed by atoms with E-state index < -0.39 is 0 Å². The topological polar surface area (TPSA) is 70.7 Å². The maximum atomic E-state index is 12.9. The number of nitrogens with one attached hydrogen (secondary N) is 2. The van der Waals surface area contributed by atoms with Crippen molar-refractivity contribution in [3.8, 4) is 0 Å². The molecule has 3 heterocycles. The summed E-state index contributed by atoms with van der Waals surface area (Å²) in [5, 5.41) is 8.83. The van der Waals surface area contributed by atoms with Crippen LogP contribution in [0.2, 0.25) is 0 Å². The first-order valence-electron chi connectivity index (χ1n) is 10.6. The van der Waals surface area contributed by atoms with E-state index in [1.165, 1.54) is 15.3 Å². The van der Waals surface area contributed by atoms with Crippen molar-refractivity contribution in [1.82, 2.24) is 10.2 Å². The molecule has 1 unspecified atom stereocenters. The minimum absolute atomic E-state index is 0.0509. The maximum absolute atomic E-state index is 12.9. The Kier molecular flexibility index (Phi) is 6.87. The van der Waals surface area contributed by atoms with E-state index in [-0.39, 0.29) is 17.9 Å². The average molecular weight is 448 g/mol. The van der Waals surface area contributed by atoms with Gasteiger partial charge in [-0.05, 0) is 61.6 Å². The zero-order chi connectivity index (χ0) is 21.1. The SMILES string of the molecule is COCCNC(=O)c1c(NC(=O)CN2CCc3sccc3C2C)sc2c1CCCC2. The van der Waals surface area contributed by atoms with E-state index in [2.05, 4.69) is 33.9 Å². The Morgan fingerprint density at radius 2 is 2.07 bits per heavy atom. The number of hydrogen-bond donors (Lipinski definition) is 2. The molecule has 0 saturated carbocycles. The predicted molar refractivity (Wildman–Crippen MR) is 122 cm³/mol. The molecule has 2 aliphatic rings. The molecule has 6 nitrogen and oxygen atoms in total. The van der Waals surface area contributed by atoms with Gasteiger partial charge >= 0.3 is 0 Å². The fraction of sp³-hybridized carbons (Fsp3) is 0.545. The molecule has 1 aliphatic carbocycles. The van der Waals surface area contributed by atoms with Crippen LogP contribution in [-0.4, -0.2) is 50.1 Å². The first-order valence-corrected chi connectivity index (χ1v) is 12.3. The molecule has 0 spiro atoms. The van der Waals surface area contributed by atoms with Gasteiger partial charge in [0.15, 0.2) is 0 Å². The number of methoxy groups -OCH3 is 1. The van der Waals surface area contributed by atoms with Gasteiger partial charge in [-0.1, -0.05) is 0 Å². The Morgan fingerprint density at radius 3 is 2.90 bits per heavy atom. The summed E-state index contributed by atoms with van der Waals surface area (Å²) in [7, 11) is 1.62. The van der Waals surface area contributed by atoms with Gasteiger partial charge in [0.2, 0.25) is 5.91 Å². The summed E-state index contributed by atoms with van der Waals surface area (Å²) < 4.78 is 5.04. The summed E-state index contributed by atoms with van der Waals surface area (Å²) in [5.41, 5.74) is 3.11. The lowest BCUT2D eigenvalue weighted by atomic mass is 9.95. The van der Waals surface area contributed by atoms with Gasteiger partial charge in [-0.25, -0.2) is 0 Å². The lowest BCUT2D eigenvalue weighted by Crippen LogP contribution is -2.39. The number of thiophene rings is 2. The number of fused-ring (bicyclic) bond motifs is 2. The summed E-state index contributed by atoms with van der Waals surface area (Å²) in [6.45, 7) is 4.31. The summed E-state index contributed by atoms with van der Waals surface area (Å²) in [4.78, 5) is 30.7. The van der Waals surface area contributed by atoms with Crippen molar-refractivity contribution in [2.75, 3.05) is 38.7 Å². The van der Waals surface area contributed by atoms with E-state index in [1.807, 2.05) is 0 Å². The first-order chi connectivity index (χ1) is 14.6. The van der Waals surface area contributed by atoms with Crippen LogP contribution in [0.4, 0.5) is 5.00 Å². The van der Waals surface area contributed by atoms with Crippen molar-refractivity contribution < 1.29 is 14.3 Å². The third-order valence-corrected chi connectivity index (χ3v) is 8.20. The molecule has 4 rings (SSSR count). The van der Waals surface area contributed by atoms with Gasteiger partial charge in [0.1, 0.15) is 5.00 Å². The summed E-state index contributed by atoms with van der Waals surface area (Å²) >= 11 is 3.37. The Hall–Kier alpha value is -1.74. The van der Waals surface area contributed by atoms with Gasteiger partial charge in [0, 0.05) is 36.0 Å². The number of nitrogens with zero attached hydrogens (tertiary/aromatic N) is 1. The Balaban J connectivity index is 1.47. The summed E-state index contributed by atoms with van der Waals surface area (Å²) in [6, 6.07) is 2.41. The van der Waals surface area contributed by atoms with Crippen LogP contribution >= 0.6 is 22.7 Å². The number of carbonyl (C=O) groups excluding carboxylic acids is 2. The Labute approximate surface area is 185 Å². The average Bonchev–Trinajstić information content (AvgIpc) is 3.35. The number of carbonyl (C=O) groups is 2. The summed E-state index contributed by atoms with van der Waals surface area (Å²) in [6.07, 6.45) is 5.10. The van der Waals surface area contributed by atoms with Gasteiger partial charge in [0.25, 0.3) is 5.91 Å².